The molecule has 0 saturated heterocycles. The first-order chi connectivity index (χ1) is 9.72. The maximum absolute atomic E-state index is 5.98. The van der Waals surface area contributed by atoms with Crippen LogP contribution >= 0.6 is 11.3 Å². The molecule has 0 aliphatic carbocycles. The van der Waals surface area contributed by atoms with Gasteiger partial charge < -0.3 is 15.2 Å². The van der Waals surface area contributed by atoms with Crippen LogP contribution in [0.2, 0.25) is 0 Å². The van der Waals surface area contributed by atoms with E-state index in [1.807, 2.05) is 23.6 Å². The standard InChI is InChI=1S/C15H20N2O2S/c1-3-12(16)8-11-4-5-13(14(9-11)18-2)19-10-15-17-6-7-20-15/h4-7,9,12H,3,8,10,16H2,1-2H3. The number of nitrogens with two attached hydrogens (primary N) is 1. The van der Waals surface area contributed by atoms with Gasteiger partial charge in [0.1, 0.15) is 11.6 Å². The normalized spacial score (nSPS) is 12.2. The van der Waals surface area contributed by atoms with Crippen molar-refractivity contribution in [1.29, 1.82) is 0 Å². The fourth-order valence-electron chi connectivity index (χ4n) is 1.87. The van der Waals surface area contributed by atoms with E-state index in [1.54, 1.807) is 24.6 Å². The second-order valence-corrected chi connectivity index (χ2v) is 5.55. The van der Waals surface area contributed by atoms with Crippen LogP contribution in [-0.2, 0) is 13.0 Å². The molecule has 0 bridgehead atoms. The van der Waals surface area contributed by atoms with Crippen molar-refractivity contribution in [3.63, 3.8) is 0 Å². The lowest BCUT2D eigenvalue weighted by molar-refractivity contribution is 0.284. The minimum atomic E-state index is 0.182. The molecule has 0 fully saturated rings. The summed E-state index contributed by atoms with van der Waals surface area (Å²) in [6.07, 6.45) is 3.58. The minimum absolute atomic E-state index is 0.182. The molecule has 4 nitrogen and oxygen atoms in total. The van der Waals surface area contributed by atoms with Crippen molar-refractivity contribution in [1.82, 2.24) is 4.98 Å². The van der Waals surface area contributed by atoms with Gasteiger partial charge in [0.05, 0.1) is 7.11 Å². The molecule has 1 heterocycles. The van der Waals surface area contributed by atoms with Gasteiger partial charge in [-0.15, -0.1) is 11.3 Å². The Morgan fingerprint density at radius 2 is 2.20 bits per heavy atom. The maximum atomic E-state index is 5.98. The smallest absolute Gasteiger partial charge is 0.161 e. The second kappa shape index (κ2) is 7.26. The molecule has 5 heteroatoms. The molecular weight excluding hydrogens is 272 g/mol. The second-order valence-electron chi connectivity index (χ2n) is 4.57. The third-order valence-corrected chi connectivity index (χ3v) is 3.84. The number of aromatic nitrogens is 1. The SMILES string of the molecule is CCC(N)Cc1ccc(OCc2nccs2)c(OC)c1. The largest absolute Gasteiger partial charge is 0.493 e. The van der Waals surface area contributed by atoms with Gasteiger partial charge >= 0.3 is 0 Å². The molecular formula is C15H20N2O2S. The summed E-state index contributed by atoms with van der Waals surface area (Å²) < 4.78 is 11.1. The molecule has 2 N–H and O–H groups in total. The molecule has 0 radical (unpaired) electrons. The fourth-order valence-corrected chi connectivity index (χ4v) is 2.40. The van der Waals surface area contributed by atoms with E-state index < -0.39 is 0 Å². The summed E-state index contributed by atoms with van der Waals surface area (Å²) in [6.45, 7) is 2.55. The molecule has 1 aromatic carbocycles. The van der Waals surface area contributed by atoms with Crippen molar-refractivity contribution in [2.45, 2.75) is 32.4 Å². The topological polar surface area (TPSA) is 57.4 Å². The Labute approximate surface area is 123 Å². The highest BCUT2D eigenvalue weighted by Crippen LogP contribution is 2.29. The first kappa shape index (κ1) is 14.8. The summed E-state index contributed by atoms with van der Waals surface area (Å²) in [6, 6.07) is 6.15. The van der Waals surface area contributed by atoms with E-state index in [0.29, 0.717) is 6.61 Å². The van der Waals surface area contributed by atoms with Crippen molar-refractivity contribution in [2.75, 3.05) is 7.11 Å². The fraction of sp³-hybridized carbons (Fsp3) is 0.400. The predicted molar refractivity (Wildman–Crippen MR) is 81.4 cm³/mol. The van der Waals surface area contributed by atoms with Crippen LogP contribution in [0.25, 0.3) is 0 Å². The molecule has 0 aliphatic rings. The summed E-state index contributed by atoms with van der Waals surface area (Å²) in [4.78, 5) is 4.19. The van der Waals surface area contributed by atoms with Crippen LogP contribution in [0.5, 0.6) is 11.5 Å². The predicted octanol–water partition coefficient (Wildman–Crippen LogP) is 3.01. The van der Waals surface area contributed by atoms with Crippen molar-refractivity contribution in [2.24, 2.45) is 5.73 Å². The summed E-state index contributed by atoms with van der Waals surface area (Å²) in [7, 11) is 1.65. The van der Waals surface area contributed by atoms with Gasteiger partial charge in [-0.25, -0.2) is 4.98 Å². The third kappa shape index (κ3) is 3.95. The Kier molecular flexibility index (Phi) is 5.38. The zero-order valence-corrected chi connectivity index (χ0v) is 12.7. The van der Waals surface area contributed by atoms with E-state index in [2.05, 4.69) is 11.9 Å². The van der Waals surface area contributed by atoms with Crippen LogP contribution in [-0.4, -0.2) is 18.1 Å². The molecule has 0 saturated carbocycles. The zero-order chi connectivity index (χ0) is 14.4. The lowest BCUT2D eigenvalue weighted by Gasteiger charge is -2.13. The van der Waals surface area contributed by atoms with Gasteiger partial charge in [0, 0.05) is 17.6 Å². The molecule has 1 unspecified atom stereocenters. The number of methoxy groups -OCH3 is 1. The molecule has 108 valence electrons. The third-order valence-electron chi connectivity index (χ3n) is 3.08. The Balaban J connectivity index is 2.05. The molecule has 1 aromatic heterocycles. The number of benzene rings is 1. The number of hydrogen-bond acceptors (Lipinski definition) is 5. The highest BCUT2D eigenvalue weighted by Gasteiger charge is 2.09. The first-order valence-corrected chi connectivity index (χ1v) is 7.54. The van der Waals surface area contributed by atoms with E-state index in [4.69, 9.17) is 15.2 Å². The summed E-state index contributed by atoms with van der Waals surface area (Å²) >= 11 is 1.58. The molecule has 2 rings (SSSR count). The highest BCUT2D eigenvalue weighted by atomic mass is 32.1. The maximum Gasteiger partial charge on any atom is 0.161 e. The van der Waals surface area contributed by atoms with Gasteiger partial charge in [0.15, 0.2) is 11.5 Å². The van der Waals surface area contributed by atoms with E-state index in [9.17, 15) is 0 Å². The van der Waals surface area contributed by atoms with Crippen molar-refractivity contribution in [3.05, 3.63) is 40.3 Å². The van der Waals surface area contributed by atoms with Crippen molar-refractivity contribution in [3.8, 4) is 11.5 Å². The van der Waals surface area contributed by atoms with Gasteiger partial charge in [-0.3, -0.25) is 0 Å². The monoisotopic (exact) mass is 292 g/mol. The van der Waals surface area contributed by atoms with Crippen LogP contribution in [0.3, 0.4) is 0 Å². The molecule has 20 heavy (non-hydrogen) atoms. The van der Waals surface area contributed by atoms with E-state index in [0.717, 1.165) is 34.9 Å². The van der Waals surface area contributed by atoms with Gasteiger partial charge in [-0.2, -0.15) is 0 Å². The van der Waals surface area contributed by atoms with Crippen LogP contribution in [0.1, 0.15) is 23.9 Å². The minimum Gasteiger partial charge on any atom is -0.493 e. The Bertz CT molecular complexity index is 529. The Morgan fingerprint density at radius 1 is 1.35 bits per heavy atom. The molecule has 2 aromatic rings. The molecule has 0 amide bonds. The molecule has 1 atom stereocenters. The average molecular weight is 292 g/mol. The quantitative estimate of drug-likeness (QED) is 0.852. The Morgan fingerprint density at radius 3 is 2.85 bits per heavy atom. The number of ether oxygens (including phenoxy) is 2. The summed E-state index contributed by atoms with van der Waals surface area (Å²) in [5, 5.41) is 2.88. The summed E-state index contributed by atoms with van der Waals surface area (Å²) in [5.41, 5.74) is 7.14. The first-order valence-electron chi connectivity index (χ1n) is 6.66. The number of hydrogen-bond donors (Lipinski definition) is 1. The van der Waals surface area contributed by atoms with Gasteiger partial charge in [0.2, 0.25) is 0 Å². The van der Waals surface area contributed by atoms with E-state index in [-0.39, 0.29) is 6.04 Å². The lowest BCUT2D eigenvalue weighted by atomic mass is 10.0. The van der Waals surface area contributed by atoms with Crippen LogP contribution in [0.4, 0.5) is 0 Å². The lowest BCUT2D eigenvalue weighted by Crippen LogP contribution is -2.21. The van der Waals surface area contributed by atoms with E-state index >= 15 is 0 Å². The van der Waals surface area contributed by atoms with Crippen molar-refractivity contribution >= 4 is 11.3 Å². The average Bonchev–Trinajstić information content (AvgIpc) is 2.98. The van der Waals surface area contributed by atoms with Crippen LogP contribution in [0.15, 0.2) is 29.8 Å². The van der Waals surface area contributed by atoms with Gasteiger partial charge in [-0.1, -0.05) is 13.0 Å². The van der Waals surface area contributed by atoms with Gasteiger partial charge in [-0.05, 0) is 30.5 Å². The zero-order valence-electron chi connectivity index (χ0n) is 11.8. The highest BCUT2D eigenvalue weighted by molar-refractivity contribution is 7.09. The van der Waals surface area contributed by atoms with Crippen LogP contribution in [0, 0.1) is 0 Å². The Hall–Kier alpha value is -1.59. The number of rotatable bonds is 7. The number of nitrogens with zero attached hydrogens (tertiary/aromatic N) is 1. The molecule has 0 aliphatic heterocycles. The van der Waals surface area contributed by atoms with Crippen LogP contribution < -0.4 is 15.2 Å². The van der Waals surface area contributed by atoms with E-state index in [1.165, 1.54) is 0 Å². The van der Waals surface area contributed by atoms with Gasteiger partial charge in [0.25, 0.3) is 0 Å². The van der Waals surface area contributed by atoms with Crippen molar-refractivity contribution < 1.29 is 9.47 Å². The molecule has 0 spiro atoms. The number of thiazole rings is 1. The summed E-state index contributed by atoms with van der Waals surface area (Å²) in [5.74, 6) is 1.47.